The van der Waals surface area contributed by atoms with Gasteiger partial charge in [0.1, 0.15) is 0 Å². The third-order valence-corrected chi connectivity index (χ3v) is 4.04. The quantitative estimate of drug-likeness (QED) is 0.711. The highest BCUT2D eigenvalue weighted by atomic mass is 16.1. The van der Waals surface area contributed by atoms with Crippen molar-refractivity contribution in [3.05, 3.63) is 77.9 Å². The molecule has 0 bridgehead atoms. The zero-order valence-corrected chi connectivity index (χ0v) is 15.1. The first-order valence-electron chi connectivity index (χ1n) is 8.64. The number of benzene rings is 1. The zero-order valence-electron chi connectivity index (χ0n) is 15.1. The molecule has 0 aliphatic heterocycles. The van der Waals surface area contributed by atoms with Gasteiger partial charge in [-0.2, -0.15) is 5.10 Å². The average Bonchev–Trinajstić information content (AvgIpc) is 3.10. The maximum atomic E-state index is 12.4. The number of amides is 1. The summed E-state index contributed by atoms with van der Waals surface area (Å²) in [6.45, 7) is 4.52. The van der Waals surface area contributed by atoms with Crippen LogP contribution in [0.15, 0.2) is 61.2 Å². The molecule has 3 rings (SSSR count). The molecule has 0 aliphatic rings. The number of hydrogen-bond donors (Lipinski definition) is 1. The number of nitrogens with zero attached hydrogens (tertiary/aromatic N) is 4. The van der Waals surface area contributed by atoms with Gasteiger partial charge in [0.25, 0.3) is 5.91 Å². The lowest BCUT2D eigenvalue weighted by Crippen LogP contribution is -2.18. The van der Waals surface area contributed by atoms with Gasteiger partial charge >= 0.3 is 0 Å². The van der Waals surface area contributed by atoms with Crippen LogP contribution in [0.2, 0.25) is 0 Å². The van der Waals surface area contributed by atoms with E-state index in [1.54, 1.807) is 24.5 Å². The van der Waals surface area contributed by atoms with Crippen molar-refractivity contribution in [2.45, 2.75) is 26.6 Å². The van der Waals surface area contributed by atoms with Gasteiger partial charge in [0.2, 0.25) is 0 Å². The van der Waals surface area contributed by atoms with Crippen molar-refractivity contribution in [1.29, 1.82) is 0 Å². The third-order valence-electron chi connectivity index (χ3n) is 4.04. The Balaban J connectivity index is 1.62. The standard InChI is InChI=1S/C20H23N5O/c1-3-25-15-17(12-22-25)14-24(2)13-16-5-4-6-18(11-16)20(26)23-19-7-9-21-10-8-19/h4-12,15H,3,13-14H2,1-2H3,(H,21,23,26). The van der Waals surface area contributed by atoms with Crippen LogP contribution in [0.25, 0.3) is 0 Å². The van der Waals surface area contributed by atoms with Crippen molar-refractivity contribution >= 4 is 11.6 Å². The Labute approximate surface area is 153 Å². The van der Waals surface area contributed by atoms with Crippen LogP contribution in [0.5, 0.6) is 0 Å². The van der Waals surface area contributed by atoms with Gasteiger partial charge < -0.3 is 5.32 Å². The average molecular weight is 349 g/mol. The van der Waals surface area contributed by atoms with Gasteiger partial charge in [-0.05, 0) is 43.8 Å². The summed E-state index contributed by atoms with van der Waals surface area (Å²) in [5.41, 5.74) is 3.66. The summed E-state index contributed by atoms with van der Waals surface area (Å²) < 4.78 is 1.92. The van der Waals surface area contributed by atoms with E-state index in [2.05, 4.69) is 40.5 Å². The monoisotopic (exact) mass is 349 g/mol. The minimum atomic E-state index is -0.120. The minimum absolute atomic E-state index is 0.120. The molecular formula is C20H23N5O. The summed E-state index contributed by atoms with van der Waals surface area (Å²) in [5, 5.41) is 7.19. The number of rotatable bonds is 7. The predicted octanol–water partition coefficient (Wildman–Crippen LogP) is 3.18. The van der Waals surface area contributed by atoms with E-state index in [9.17, 15) is 4.79 Å². The number of anilines is 1. The Morgan fingerprint density at radius 3 is 2.65 bits per heavy atom. The van der Waals surface area contributed by atoms with Crippen LogP contribution in [0.4, 0.5) is 5.69 Å². The molecule has 1 aromatic carbocycles. The van der Waals surface area contributed by atoms with Gasteiger partial charge in [0, 0.05) is 55.0 Å². The summed E-state index contributed by atoms with van der Waals surface area (Å²) in [4.78, 5) is 18.6. The van der Waals surface area contributed by atoms with Gasteiger partial charge in [-0.15, -0.1) is 0 Å². The lowest BCUT2D eigenvalue weighted by Gasteiger charge is -2.16. The molecule has 1 N–H and O–H groups in total. The van der Waals surface area contributed by atoms with E-state index in [0.717, 1.165) is 30.9 Å². The fourth-order valence-electron chi connectivity index (χ4n) is 2.79. The highest BCUT2D eigenvalue weighted by molar-refractivity contribution is 6.04. The molecule has 0 aliphatic carbocycles. The van der Waals surface area contributed by atoms with Crippen LogP contribution in [0, 0.1) is 0 Å². The van der Waals surface area contributed by atoms with Gasteiger partial charge in [0.15, 0.2) is 0 Å². The number of hydrogen-bond acceptors (Lipinski definition) is 4. The molecule has 0 saturated heterocycles. The van der Waals surface area contributed by atoms with Crippen LogP contribution in [-0.4, -0.2) is 32.6 Å². The van der Waals surface area contributed by atoms with E-state index in [0.29, 0.717) is 5.56 Å². The normalized spacial score (nSPS) is 10.9. The predicted molar refractivity (Wildman–Crippen MR) is 102 cm³/mol. The first kappa shape index (κ1) is 17.8. The molecule has 0 spiro atoms. The van der Waals surface area contributed by atoms with E-state index in [4.69, 9.17) is 0 Å². The Morgan fingerprint density at radius 2 is 1.92 bits per heavy atom. The molecule has 0 atom stereocenters. The van der Waals surface area contributed by atoms with Gasteiger partial charge in [-0.25, -0.2) is 0 Å². The van der Waals surface area contributed by atoms with Gasteiger partial charge in [-0.1, -0.05) is 12.1 Å². The number of carbonyl (C=O) groups is 1. The maximum absolute atomic E-state index is 12.4. The fourth-order valence-corrected chi connectivity index (χ4v) is 2.79. The smallest absolute Gasteiger partial charge is 0.255 e. The van der Waals surface area contributed by atoms with Gasteiger partial charge in [-0.3, -0.25) is 19.4 Å². The summed E-state index contributed by atoms with van der Waals surface area (Å²) in [5.74, 6) is -0.120. The molecule has 3 aromatic rings. The van der Waals surface area contributed by atoms with Crippen molar-refractivity contribution in [1.82, 2.24) is 19.7 Å². The molecule has 0 radical (unpaired) electrons. The minimum Gasteiger partial charge on any atom is -0.322 e. The van der Waals surface area contributed by atoms with E-state index in [-0.39, 0.29) is 5.91 Å². The molecular weight excluding hydrogens is 326 g/mol. The molecule has 2 heterocycles. The number of aromatic nitrogens is 3. The van der Waals surface area contributed by atoms with Crippen molar-refractivity contribution < 1.29 is 4.79 Å². The molecule has 26 heavy (non-hydrogen) atoms. The van der Waals surface area contributed by atoms with Crippen molar-refractivity contribution in [2.75, 3.05) is 12.4 Å². The van der Waals surface area contributed by atoms with Crippen LogP contribution >= 0.6 is 0 Å². The number of aryl methyl sites for hydroxylation is 1. The molecule has 1 amide bonds. The topological polar surface area (TPSA) is 63.1 Å². The molecule has 6 heteroatoms. The first-order valence-corrected chi connectivity index (χ1v) is 8.64. The Bertz CT molecular complexity index is 859. The van der Waals surface area contributed by atoms with E-state index < -0.39 is 0 Å². The second kappa shape index (κ2) is 8.40. The van der Waals surface area contributed by atoms with Gasteiger partial charge in [0.05, 0.1) is 6.20 Å². The second-order valence-electron chi connectivity index (χ2n) is 6.27. The second-order valence-corrected chi connectivity index (χ2v) is 6.27. The third kappa shape index (κ3) is 4.77. The number of pyridine rings is 1. The highest BCUT2D eigenvalue weighted by Gasteiger charge is 2.09. The largest absolute Gasteiger partial charge is 0.322 e. The summed E-state index contributed by atoms with van der Waals surface area (Å²) in [7, 11) is 2.06. The zero-order chi connectivity index (χ0) is 18.4. The summed E-state index contributed by atoms with van der Waals surface area (Å²) >= 11 is 0. The highest BCUT2D eigenvalue weighted by Crippen LogP contribution is 2.12. The SMILES string of the molecule is CCn1cc(CN(C)Cc2cccc(C(=O)Nc3ccncc3)c2)cn1. The maximum Gasteiger partial charge on any atom is 0.255 e. The lowest BCUT2D eigenvalue weighted by atomic mass is 10.1. The van der Waals surface area contributed by atoms with Crippen molar-refractivity contribution in [3.8, 4) is 0 Å². The van der Waals surface area contributed by atoms with Crippen LogP contribution in [-0.2, 0) is 19.6 Å². The first-order chi connectivity index (χ1) is 12.6. The molecule has 0 unspecified atom stereocenters. The lowest BCUT2D eigenvalue weighted by molar-refractivity contribution is 0.102. The fraction of sp³-hybridized carbons (Fsp3) is 0.250. The van der Waals surface area contributed by atoms with Crippen LogP contribution in [0.1, 0.15) is 28.4 Å². The molecule has 2 aromatic heterocycles. The molecule has 6 nitrogen and oxygen atoms in total. The Kier molecular flexibility index (Phi) is 5.76. The number of nitrogens with one attached hydrogen (secondary N) is 1. The molecule has 0 fully saturated rings. The van der Waals surface area contributed by atoms with E-state index >= 15 is 0 Å². The van der Waals surface area contributed by atoms with Crippen LogP contribution < -0.4 is 5.32 Å². The Morgan fingerprint density at radius 1 is 1.15 bits per heavy atom. The van der Waals surface area contributed by atoms with E-state index in [1.165, 1.54) is 5.56 Å². The van der Waals surface area contributed by atoms with Crippen molar-refractivity contribution in [2.24, 2.45) is 0 Å². The molecule has 134 valence electrons. The van der Waals surface area contributed by atoms with Crippen molar-refractivity contribution in [3.63, 3.8) is 0 Å². The summed E-state index contributed by atoms with van der Waals surface area (Å²) in [6.07, 6.45) is 7.27. The summed E-state index contributed by atoms with van der Waals surface area (Å²) in [6, 6.07) is 11.3. The Hall–Kier alpha value is -2.99. The number of carbonyl (C=O) groups excluding carboxylic acids is 1. The van der Waals surface area contributed by atoms with Crippen LogP contribution in [0.3, 0.4) is 0 Å². The molecule has 0 saturated carbocycles. The van der Waals surface area contributed by atoms with E-state index in [1.807, 2.05) is 35.1 Å².